The summed E-state index contributed by atoms with van der Waals surface area (Å²) in [5.41, 5.74) is 0.0319. The maximum atomic E-state index is 12.8. The van der Waals surface area contributed by atoms with Crippen LogP contribution in [-0.2, 0) is 18.6 Å². The Hall–Kier alpha value is -2.96. The van der Waals surface area contributed by atoms with Gasteiger partial charge in [0.15, 0.2) is 6.29 Å². The molecule has 9 nitrogen and oxygen atoms in total. The molecular weight excluding hydrogens is 741 g/mol. The molecule has 1 aliphatic rings. The first-order valence-corrected chi connectivity index (χ1v) is 20.5. The largest absolute Gasteiger partial charge is 0.491 e. The van der Waals surface area contributed by atoms with Crippen LogP contribution in [0.4, 0.5) is 10.5 Å². The zero-order valence-corrected chi connectivity index (χ0v) is 33.8. The average molecular weight is 791 g/mol. The molecule has 0 spiro atoms. The molecule has 0 aliphatic carbocycles. The molecule has 1 atom stereocenters. The predicted octanol–water partition coefficient (Wildman–Crippen LogP) is 8.75. The van der Waals surface area contributed by atoms with Crippen LogP contribution in [-0.4, -0.2) is 69.1 Å². The SMILES string of the molecule is CC(C)(CO[Si](c1ccccc1)(c1ccccc1)C(C)(C)C)C(=N)CC(=Nc1cccc(OCCOC2CCCCO2)c1)NC(=O)OCC(Cl)(Cl)Cl. The number of hydrogen-bond acceptors (Lipinski definition) is 8. The number of nitrogens with zero attached hydrogens (tertiary/aromatic N) is 1. The molecule has 1 unspecified atom stereocenters. The molecule has 1 aliphatic heterocycles. The molecule has 282 valence electrons. The summed E-state index contributed by atoms with van der Waals surface area (Å²) < 4.78 is 27.8. The second-order valence-corrected chi connectivity index (χ2v) is 21.2. The molecule has 2 N–H and O–H groups in total. The third-order valence-electron chi connectivity index (χ3n) is 8.72. The number of aliphatic imine (C=N–C) groups is 1. The monoisotopic (exact) mass is 789 g/mol. The number of benzene rings is 3. The number of carbonyl (C=O) groups is 1. The molecule has 0 radical (unpaired) electrons. The Morgan fingerprint density at radius 2 is 1.56 bits per heavy atom. The van der Waals surface area contributed by atoms with E-state index in [4.69, 9.17) is 63.2 Å². The van der Waals surface area contributed by atoms with Gasteiger partial charge in [-0.25, -0.2) is 9.79 Å². The highest BCUT2D eigenvalue weighted by Crippen LogP contribution is 2.38. The van der Waals surface area contributed by atoms with Crippen molar-refractivity contribution in [2.75, 3.05) is 33.0 Å². The minimum atomic E-state index is -2.88. The first-order chi connectivity index (χ1) is 24.6. The molecule has 1 fully saturated rings. The molecule has 52 heavy (non-hydrogen) atoms. The molecule has 1 amide bonds. The number of carbonyl (C=O) groups excluding carboxylic acids is 1. The third-order valence-corrected chi connectivity index (χ3v) is 14.0. The Morgan fingerprint density at radius 3 is 2.13 bits per heavy atom. The normalized spacial score (nSPS) is 15.9. The van der Waals surface area contributed by atoms with Crippen molar-refractivity contribution in [2.24, 2.45) is 10.4 Å². The summed E-state index contributed by atoms with van der Waals surface area (Å²) in [6.45, 7) is 11.8. The number of ether oxygens (including phenoxy) is 4. The minimum absolute atomic E-state index is 0.0136. The summed E-state index contributed by atoms with van der Waals surface area (Å²) in [6.07, 6.45) is 1.94. The quantitative estimate of drug-likeness (QED) is 0.0524. The van der Waals surface area contributed by atoms with Gasteiger partial charge >= 0.3 is 6.09 Å². The Balaban J connectivity index is 1.54. The van der Waals surface area contributed by atoms with E-state index in [2.05, 4.69) is 50.4 Å². The first-order valence-electron chi connectivity index (χ1n) is 17.5. The van der Waals surface area contributed by atoms with Crippen molar-refractivity contribution in [1.29, 1.82) is 5.41 Å². The van der Waals surface area contributed by atoms with Crippen LogP contribution in [0.15, 0.2) is 89.9 Å². The van der Waals surface area contributed by atoms with E-state index in [1.165, 1.54) is 0 Å². The van der Waals surface area contributed by atoms with Gasteiger partial charge in [-0.3, -0.25) is 5.32 Å². The second-order valence-electron chi connectivity index (χ2n) is 14.4. The minimum Gasteiger partial charge on any atom is -0.491 e. The van der Waals surface area contributed by atoms with Gasteiger partial charge in [0.25, 0.3) is 8.32 Å². The Kier molecular flexibility index (Phi) is 15.2. The summed E-state index contributed by atoms with van der Waals surface area (Å²) in [6, 6.07) is 27.8. The Bertz CT molecular complexity index is 1590. The topological polar surface area (TPSA) is 111 Å². The van der Waals surface area contributed by atoms with Gasteiger partial charge in [0.05, 0.1) is 12.3 Å². The van der Waals surface area contributed by atoms with Gasteiger partial charge < -0.3 is 28.8 Å². The number of halogens is 3. The molecule has 0 saturated carbocycles. The molecule has 1 saturated heterocycles. The van der Waals surface area contributed by atoms with Gasteiger partial charge in [-0.1, -0.05) is 136 Å². The number of amides is 1. The van der Waals surface area contributed by atoms with Crippen molar-refractivity contribution in [3.8, 4) is 5.75 Å². The summed E-state index contributed by atoms with van der Waals surface area (Å²) in [4.78, 5) is 17.5. The van der Waals surface area contributed by atoms with Crippen LogP contribution in [0.5, 0.6) is 5.75 Å². The first kappa shape index (κ1) is 41.8. The number of rotatable bonds is 15. The second kappa shape index (κ2) is 18.9. The van der Waals surface area contributed by atoms with Crippen LogP contribution in [0.1, 0.15) is 60.3 Å². The molecule has 1 heterocycles. The van der Waals surface area contributed by atoms with E-state index >= 15 is 0 Å². The molecule has 3 aromatic rings. The lowest BCUT2D eigenvalue weighted by atomic mass is 9.86. The number of alkyl carbamates (subject to hydrolysis) is 1. The van der Waals surface area contributed by atoms with E-state index < -0.39 is 30.2 Å². The highest BCUT2D eigenvalue weighted by Gasteiger charge is 2.51. The van der Waals surface area contributed by atoms with Gasteiger partial charge in [0, 0.05) is 36.8 Å². The molecule has 4 rings (SSSR count). The van der Waals surface area contributed by atoms with Crippen molar-refractivity contribution < 1.29 is 28.2 Å². The van der Waals surface area contributed by atoms with Crippen molar-refractivity contribution in [3.05, 3.63) is 84.9 Å². The van der Waals surface area contributed by atoms with Crippen molar-refractivity contribution in [2.45, 2.75) is 75.4 Å². The molecule has 13 heteroatoms. The molecular formula is C39H50Cl3N3O6Si. The maximum Gasteiger partial charge on any atom is 0.412 e. The van der Waals surface area contributed by atoms with Crippen molar-refractivity contribution in [3.63, 3.8) is 0 Å². The number of amidine groups is 1. The van der Waals surface area contributed by atoms with Crippen LogP contribution in [0.3, 0.4) is 0 Å². The number of alkyl halides is 3. The van der Waals surface area contributed by atoms with E-state index in [1.807, 2.05) is 56.3 Å². The average Bonchev–Trinajstić information content (AvgIpc) is 3.10. The Morgan fingerprint density at radius 1 is 0.904 bits per heavy atom. The van der Waals surface area contributed by atoms with Crippen molar-refractivity contribution in [1.82, 2.24) is 5.32 Å². The number of nitrogens with one attached hydrogen (secondary N) is 2. The Labute approximate surface area is 323 Å². The van der Waals surface area contributed by atoms with Crippen molar-refractivity contribution >= 4 is 76.8 Å². The lowest BCUT2D eigenvalue weighted by Gasteiger charge is -2.44. The van der Waals surface area contributed by atoms with Gasteiger partial charge in [-0.2, -0.15) is 0 Å². The van der Waals surface area contributed by atoms with E-state index in [9.17, 15) is 10.2 Å². The van der Waals surface area contributed by atoms with E-state index in [0.717, 1.165) is 29.6 Å². The summed E-state index contributed by atoms with van der Waals surface area (Å²) >= 11 is 17.4. The summed E-state index contributed by atoms with van der Waals surface area (Å²) in [5.74, 6) is 0.745. The lowest BCUT2D eigenvalue weighted by molar-refractivity contribution is -0.165. The fraction of sp³-hybridized carbons (Fsp3) is 0.462. The smallest absolute Gasteiger partial charge is 0.412 e. The number of hydrogen-bond donors (Lipinski definition) is 2. The van der Waals surface area contributed by atoms with Crippen LogP contribution in [0.25, 0.3) is 0 Å². The van der Waals surface area contributed by atoms with Gasteiger partial charge in [-0.05, 0) is 46.8 Å². The molecule has 0 bridgehead atoms. The zero-order chi connectivity index (χ0) is 37.8. The standard InChI is InChI=1S/C39H50Cl3N3O6Si/c1-37(2,3)52(31-17-8-6-9-18-31,32-19-10-7-11-20-32)51-27-38(4,5)33(43)26-34(45-36(46)50-28-39(40,41)42)44-29-15-14-16-30(25-29)47-23-24-49-35-21-12-13-22-48-35/h6-11,14-20,25,35,43H,12-13,21-24,26-28H2,1-5H3,(H,44,45,46). The molecule has 0 aromatic heterocycles. The maximum absolute atomic E-state index is 12.8. The van der Waals surface area contributed by atoms with Gasteiger partial charge in [-0.15, -0.1) is 0 Å². The highest BCUT2D eigenvalue weighted by atomic mass is 35.6. The van der Waals surface area contributed by atoms with E-state index in [-0.39, 0.29) is 30.2 Å². The lowest BCUT2D eigenvalue weighted by Crippen LogP contribution is -2.67. The highest BCUT2D eigenvalue weighted by molar-refractivity contribution is 6.99. The van der Waals surface area contributed by atoms with Gasteiger partial charge in [0.1, 0.15) is 24.8 Å². The van der Waals surface area contributed by atoms with Crippen LogP contribution in [0.2, 0.25) is 5.04 Å². The zero-order valence-electron chi connectivity index (χ0n) is 30.6. The summed E-state index contributed by atoms with van der Waals surface area (Å²) in [5, 5.41) is 14.0. The van der Waals surface area contributed by atoms with Gasteiger partial charge in [0.2, 0.25) is 3.79 Å². The van der Waals surface area contributed by atoms with Crippen LogP contribution >= 0.6 is 34.8 Å². The fourth-order valence-corrected chi connectivity index (χ4v) is 10.8. The van der Waals surface area contributed by atoms with Crippen LogP contribution in [0, 0.1) is 10.8 Å². The summed E-state index contributed by atoms with van der Waals surface area (Å²) in [7, 11) is -2.88. The predicted molar refractivity (Wildman–Crippen MR) is 213 cm³/mol. The molecule has 3 aromatic carbocycles. The van der Waals surface area contributed by atoms with E-state index in [0.29, 0.717) is 37.0 Å². The van der Waals surface area contributed by atoms with Crippen LogP contribution < -0.4 is 20.4 Å². The fourth-order valence-electron chi connectivity index (χ4n) is 5.94. The third kappa shape index (κ3) is 12.3. The van der Waals surface area contributed by atoms with E-state index in [1.54, 1.807) is 18.2 Å².